The van der Waals surface area contributed by atoms with Crippen molar-refractivity contribution in [3.8, 4) is 11.8 Å². The van der Waals surface area contributed by atoms with E-state index in [2.05, 4.69) is 11.8 Å². The first-order valence-electron chi connectivity index (χ1n) is 6.92. The molecule has 1 rings (SSSR count). The van der Waals surface area contributed by atoms with Crippen molar-refractivity contribution in [3.63, 3.8) is 0 Å². The number of ether oxygens (including phenoxy) is 2. The van der Waals surface area contributed by atoms with Gasteiger partial charge < -0.3 is 14.6 Å². The van der Waals surface area contributed by atoms with Gasteiger partial charge in [0.2, 0.25) is 0 Å². The van der Waals surface area contributed by atoms with Crippen molar-refractivity contribution >= 4 is 0 Å². The molecule has 0 unspecified atom stereocenters. The smallest absolute Gasteiger partial charge is 0.0730 e. The highest BCUT2D eigenvalue weighted by Gasteiger charge is 2.09. The molecule has 3 heteroatoms. The molecule has 0 amide bonds. The largest absolute Gasteiger partial charge is 0.395 e. The number of aliphatic hydroxyl groups is 1. The third kappa shape index (κ3) is 7.30. The lowest BCUT2D eigenvalue weighted by Crippen LogP contribution is -2.21. The molecule has 0 aromatic heterocycles. The van der Waals surface area contributed by atoms with Crippen LogP contribution in [0.2, 0.25) is 0 Å². The third-order valence-corrected chi connectivity index (χ3v) is 2.50. The summed E-state index contributed by atoms with van der Waals surface area (Å²) in [4.78, 5) is 0. The first-order valence-corrected chi connectivity index (χ1v) is 6.92. The molecule has 0 aliphatic rings. The highest BCUT2D eigenvalue weighted by atomic mass is 16.5. The van der Waals surface area contributed by atoms with Gasteiger partial charge in [-0.2, -0.15) is 0 Å². The molecule has 0 aliphatic heterocycles. The Labute approximate surface area is 121 Å². The minimum atomic E-state index is -0.128. The van der Waals surface area contributed by atoms with Gasteiger partial charge in [-0.25, -0.2) is 0 Å². The average Bonchev–Trinajstić information content (AvgIpc) is 2.39. The summed E-state index contributed by atoms with van der Waals surface area (Å²) in [6.07, 6.45) is 0.495. The maximum absolute atomic E-state index is 8.74. The first-order chi connectivity index (χ1) is 9.53. The highest BCUT2D eigenvalue weighted by molar-refractivity contribution is 5.40. The first kappa shape index (κ1) is 16.7. The topological polar surface area (TPSA) is 38.7 Å². The van der Waals surface area contributed by atoms with Crippen molar-refractivity contribution in [2.75, 3.05) is 19.8 Å². The Bertz CT molecular complexity index is 449. The number of benzene rings is 1. The fourth-order valence-corrected chi connectivity index (χ4v) is 1.57. The molecular formula is C17H24O3. The van der Waals surface area contributed by atoms with Crippen LogP contribution in [0.25, 0.3) is 0 Å². The predicted molar refractivity (Wildman–Crippen MR) is 80.4 cm³/mol. The van der Waals surface area contributed by atoms with Crippen LogP contribution in [0.3, 0.4) is 0 Å². The normalized spacial score (nSPS) is 11.0. The van der Waals surface area contributed by atoms with Crippen LogP contribution >= 0.6 is 0 Å². The Kier molecular flexibility index (Phi) is 7.32. The van der Waals surface area contributed by atoms with Gasteiger partial charge in [-0.3, -0.25) is 0 Å². The second-order valence-electron chi connectivity index (χ2n) is 5.45. The zero-order chi connectivity index (χ0) is 14.8. The Balaban J connectivity index is 2.42. The van der Waals surface area contributed by atoms with Crippen molar-refractivity contribution in [3.05, 3.63) is 35.4 Å². The average molecular weight is 276 g/mol. The standard InChI is InChI=1S/C17H24O3/c1-17(2,3)20-13-12-19-14-16-10-5-4-8-15(16)9-6-7-11-18/h4-5,8,10,18H,7,11-14H2,1-3H3. The van der Waals surface area contributed by atoms with Gasteiger partial charge in [0.25, 0.3) is 0 Å². The van der Waals surface area contributed by atoms with Crippen molar-refractivity contribution in [1.29, 1.82) is 0 Å². The number of rotatable bonds is 6. The lowest BCUT2D eigenvalue weighted by molar-refractivity contribution is -0.0377. The van der Waals surface area contributed by atoms with E-state index in [1.54, 1.807) is 0 Å². The van der Waals surface area contributed by atoms with Gasteiger partial charge in [0.05, 0.1) is 32.0 Å². The third-order valence-electron chi connectivity index (χ3n) is 2.50. The zero-order valence-corrected chi connectivity index (χ0v) is 12.6. The second-order valence-corrected chi connectivity index (χ2v) is 5.45. The van der Waals surface area contributed by atoms with E-state index in [1.165, 1.54) is 0 Å². The van der Waals surface area contributed by atoms with Gasteiger partial charge in [-0.15, -0.1) is 0 Å². The molecule has 0 bridgehead atoms. The lowest BCUT2D eigenvalue weighted by Gasteiger charge is -2.19. The number of hydrogen-bond donors (Lipinski definition) is 1. The van der Waals surface area contributed by atoms with Crippen LogP contribution in [0, 0.1) is 11.8 Å². The monoisotopic (exact) mass is 276 g/mol. The Morgan fingerprint density at radius 2 is 1.90 bits per heavy atom. The molecule has 3 nitrogen and oxygen atoms in total. The summed E-state index contributed by atoms with van der Waals surface area (Å²) < 4.78 is 11.2. The minimum absolute atomic E-state index is 0.0931. The molecule has 20 heavy (non-hydrogen) atoms. The van der Waals surface area contributed by atoms with E-state index in [0.717, 1.165) is 11.1 Å². The number of aliphatic hydroxyl groups excluding tert-OH is 1. The van der Waals surface area contributed by atoms with Crippen LogP contribution in [-0.4, -0.2) is 30.5 Å². The summed E-state index contributed by atoms with van der Waals surface area (Å²) in [5, 5.41) is 8.74. The van der Waals surface area contributed by atoms with Gasteiger partial charge in [0, 0.05) is 12.0 Å². The van der Waals surface area contributed by atoms with E-state index in [9.17, 15) is 0 Å². The molecule has 0 saturated carbocycles. The summed E-state index contributed by atoms with van der Waals surface area (Å²) in [5.74, 6) is 5.99. The van der Waals surface area contributed by atoms with Gasteiger partial charge in [0.15, 0.2) is 0 Å². The fraction of sp³-hybridized carbons (Fsp3) is 0.529. The summed E-state index contributed by atoms with van der Waals surface area (Å²) in [6, 6.07) is 7.90. The van der Waals surface area contributed by atoms with Crippen molar-refractivity contribution in [2.45, 2.75) is 39.4 Å². The van der Waals surface area contributed by atoms with E-state index in [1.807, 2.05) is 45.0 Å². The van der Waals surface area contributed by atoms with E-state index in [0.29, 0.717) is 26.2 Å². The molecule has 1 aromatic carbocycles. The summed E-state index contributed by atoms with van der Waals surface area (Å²) in [6.45, 7) is 7.85. The quantitative estimate of drug-likeness (QED) is 0.641. The van der Waals surface area contributed by atoms with Crippen molar-refractivity contribution < 1.29 is 14.6 Å². The molecule has 0 fully saturated rings. The molecule has 110 valence electrons. The van der Waals surface area contributed by atoms with E-state index in [4.69, 9.17) is 14.6 Å². The SMILES string of the molecule is CC(C)(C)OCCOCc1ccccc1C#CCCO. The highest BCUT2D eigenvalue weighted by Crippen LogP contribution is 2.10. The molecule has 0 atom stereocenters. The fourth-order valence-electron chi connectivity index (χ4n) is 1.57. The van der Waals surface area contributed by atoms with Gasteiger partial charge in [0.1, 0.15) is 0 Å². The maximum Gasteiger partial charge on any atom is 0.0730 e. The van der Waals surface area contributed by atoms with Crippen LogP contribution in [0.1, 0.15) is 38.3 Å². The molecule has 0 aliphatic carbocycles. The summed E-state index contributed by atoms with van der Waals surface area (Å²) in [7, 11) is 0. The second kappa shape index (κ2) is 8.76. The van der Waals surface area contributed by atoms with E-state index >= 15 is 0 Å². The van der Waals surface area contributed by atoms with Crippen LogP contribution in [0.4, 0.5) is 0 Å². The molecule has 0 radical (unpaired) electrons. The van der Waals surface area contributed by atoms with Crippen molar-refractivity contribution in [1.82, 2.24) is 0 Å². The minimum Gasteiger partial charge on any atom is -0.395 e. The molecular weight excluding hydrogens is 252 g/mol. The zero-order valence-electron chi connectivity index (χ0n) is 12.6. The van der Waals surface area contributed by atoms with Gasteiger partial charge in [-0.05, 0) is 32.4 Å². The van der Waals surface area contributed by atoms with Gasteiger partial charge >= 0.3 is 0 Å². The van der Waals surface area contributed by atoms with Gasteiger partial charge in [-0.1, -0.05) is 30.0 Å². The maximum atomic E-state index is 8.74. The molecule has 1 aromatic rings. The Morgan fingerprint density at radius 3 is 2.60 bits per heavy atom. The Hall–Kier alpha value is -1.34. The molecule has 1 N–H and O–H groups in total. The molecule has 0 saturated heterocycles. The molecule has 0 heterocycles. The number of hydrogen-bond acceptors (Lipinski definition) is 3. The van der Waals surface area contributed by atoms with E-state index in [-0.39, 0.29) is 12.2 Å². The van der Waals surface area contributed by atoms with Crippen LogP contribution in [-0.2, 0) is 16.1 Å². The van der Waals surface area contributed by atoms with E-state index < -0.39 is 0 Å². The summed E-state index contributed by atoms with van der Waals surface area (Å²) in [5.41, 5.74) is 1.89. The Morgan fingerprint density at radius 1 is 1.15 bits per heavy atom. The van der Waals surface area contributed by atoms with Crippen LogP contribution in [0.5, 0.6) is 0 Å². The summed E-state index contributed by atoms with van der Waals surface area (Å²) >= 11 is 0. The van der Waals surface area contributed by atoms with Crippen molar-refractivity contribution in [2.24, 2.45) is 0 Å². The molecule has 0 spiro atoms. The van der Waals surface area contributed by atoms with Crippen LogP contribution in [0.15, 0.2) is 24.3 Å². The lowest BCUT2D eigenvalue weighted by atomic mass is 10.1. The predicted octanol–water partition coefficient (Wildman–Crippen LogP) is 2.75. The van der Waals surface area contributed by atoms with Crippen LogP contribution < -0.4 is 0 Å².